The summed E-state index contributed by atoms with van der Waals surface area (Å²) in [5.74, 6) is 1.46. The molecule has 192 valence electrons. The molecule has 0 N–H and O–H groups in total. The summed E-state index contributed by atoms with van der Waals surface area (Å²) in [6.45, 7) is 9.82. The first-order valence-corrected chi connectivity index (χ1v) is 12.6. The molecular weight excluding hydrogens is 468 g/mol. The van der Waals surface area contributed by atoms with Crippen LogP contribution in [-0.2, 0) is 10.2 Å². The molecule has 1 atom stereocenters. The van der Waals surface area contributed by atoms with Gasteiger partial charge in [-0.1, -0.05) is 57.2 Å². The molecule has 6 heteroatoms. The Morgan fingerprint density at radius 1 is 0.917 bits per heavy atom. The lowest BCUT2D eigenvalue weighted by Gasteiger charge is -2.26. The van der Waals surface area contributed by atoms with E-state index in [0.717, 1.165) is 11.4 Å². The van der Waals surface area contributed by atoms with Gasteiger partial charge in [0.2, 0.25) is 0 Å². The van der Waals surface area contributed by atoms with Crippen molar-refractivity contribution in [3.05, 3.63) is 83.9 Å². The Morgan fingerprint density at radius 3 is 2.25 bits per heavy atom. The summed E-state index contributed by atoms with van der Waals surface area (Å²) < 4.78 is 17.7. The van der Waals surface area contributed by atoms with E-state index in [1.807, 2.05) is 60.5 Å². The van der Waals surface area contributed by atoms with Crippen LogP contribution in [0.1, 0.15) is 31.9 Å². The van der Waals surface area contributed by atoms with Crippen molar-refractivity contribution < 1.29 is 14.2 Å². The van der Waals surface area contributed by atoms with E-state index >= 15 is 0 Å². The summed E-state index contributed by atoms with van der Waals surface area (Å²) >= 11 is 5.56. The number of likely N-dealkylation sites (N-methyl/N-ethyl adjacent to an activating group) is 1. The third-order valence-corrected chi connectivity index (χ3v) is 6.53. The fourth-order valence-electron chi connectivity index (χ4n) is 3.86. The molecule has 36 heavy (non-hydrogen) atoms. The molecule has 1 unspecified atom stereocenters. The van der Waals surface area contributed by atoms with E-state index in [1.165, 1.54) is 16.8 Å². The van der Waals surface area contributed by atoms with Crippen molar-refractivity contribution in [3.63, 3.8) is 0 Å². The van der Waals surface area contributed by atoms with Crippen LogP contribution in [0.25, 0.3) is 0 Å². The maximum Gasteiger partial charge on any atom is 0.269 e. The summed E-state index contributed by atoms with van der Waals surface area (Å²) in [7, 11) is 5.68. The van der Waals surface area contributed by atoms with Crippen molar-refractivity contribution in [2.75, 3.05) is 44.2 Å². The largest absolute Gasteiger partial charge is 0.491 e. The van der Waals surface area contributed by atoms with Gasteiger partial charge in [-0.2, -0.15) is 0 Å². The minimum atomic E-state index is -0.0866. The smallest absolute Gasteiger partial charge is 0.269 e. The minimum Gasteiger partial charge on any atom is -0.491 e. The zero-order chi connectivity index (χ0) is 26.3. The predicted molar refractivity (Wildman–Crippen MR) is 154 cm³/mol. The van der Waals surface area contributed by atoms with Crippen LogP contribution in [0, 0.1) is 6.92 Å². The van der Waals surface area contributed by atoms with Gasteiger partial charge >= 0.3 is 0 Å². The number of hydrogen-bond donors (Lipinski definition) is 0. The van der Waals surface area contributed by atoms with Gasteiger partial charge in [0.05, 0.1) is 0 Å². The number of nitrogens with zero attached hydrogens (tertiary/aromatic N) is 2. The average molecular weight is 507 g/mol. The normalized spacial score (nSPS) is 12.1. The highest BCUT2D eigenvalue weighted by molar-refractivity contribution is 7.80. The minimum absolute atomic E-state index is 0.0866. The van der Waals surface area contributed by atoms with Crippen LogP contribution in [0.4, 0.5) is 11.4 Å². The molecule has 3 aromatic rings. The van der Waals surface area contributed by atoms with Gasteiger partial charge in [0.25, 0.3) is 5.17 Å². The first-order valence-electron chi connectivity index (χ1n) is 12.2. The summed E-state index contributed by atoms with van der Waals surface area (Å²) in [4.78, 5) is 4.03. The van der Waals surface area contributed by atoms with Crippen LogP contribution in [0.2, 0.25) is 0 Å². The second kappa shape index (κ2) is 12.2. The number of thiocarbonyl (C=S) groups is 1. The first kappa shape index (κ1) is 27.5. The van der Waals surface area contributed by atoms with Gasteiger partial charge in [-0.05, 0) is 66.0 Å². The lowest BCUT2D eigenvalue weighted by Crippen LogP contribution is -2.35. The Kier molecular flexibility index (Phi) is 9.35. The molecule has 0 bridgehead atoms. The standard InChI is InChI=1S/C30H38N2O3S/c1-22-11-8-9-14-28(22)31(5)20-27(33-7)21-34-26-13-10-12-24(19-26)32(6)29(36)35-25-17-15-23(16-18-25)30(2,3)4/h8-19,27H,20-21H2,1-7H3. The highest BCUT2D eigenvalue weighted by atomic mass is 32.1. The van der Waals surface area contributed by atoms with Crippen molar-refractivity contribution >= 4 is 28.8 Å². The van der Waals surface area contributed by atoms with Crippen molar-refractivity contribution in [2.45, 2.75) is 39.2 Å². The SMILES string of the molecule is COC(COc1cccc(N(C)C(=S)Oc2ccc(C(C)(C)C)cc2)c1)CN(C)c1ccccc1C. The van der Waals surface area contributed by atoms with E-state index in [2.05, 4.69) is 63.9 Å². The number of ether oxygens (including phenoxy) is 3. The number of hydrogen-bond acceptors (Lipinski definition) is 5. The van der Waals surface area contributed by atoms with E-state index in [4.69, 9.17) is 26.4 Å². The third-order valence-electron chi connectivity index (χ3n) is 6.18. The molecule has 0 aliphatic rings. The maximum absolute atomic E-state index is 6.10. The van der Waals surface area contributed by atoms with Crippen LogP contribution in [0.15, 0.2) is 72.8 Å². The molecule has 0 aliphatic heterocycles. The lowest BCUT2D eigenvalue weighted by molar-refractivity contribution is 0.0636. The number of methoxy groups -OCH3 is 1. The zero-order valence-corrected chi connectivity index (χ0v) is 23.3. The Labute approximate surface area is 221 Å². The number of aryl methyl sites for hydroxylation is 1. The Morgan fingerprint density at radius 2 is 1.61 bits per heavy atom. The van der Waals surface area contributed by atoms with Gasteiger partial charge < -0.3 is 24.0 Å². The Bertz CT molecular complexity index is 1140. The van der Waals surface area contributed by atoms with Crippen LogP contribution in [0.5, 0.6) is 11.5 Å². The fourth-order valence-corrected chi connectivity index (χ4v) is 4.06. The first-order chi connectivity index (χ1) is 17.1. The lowest BCUT2D eigenvalue weighted by atomic mass is 9.87. The topological polar surface area (TPSA) is 34.2 Å². The number of benzene rings is 3. The van der Waals surface area contributed by atoms with Crippen LogP contribution < -0.4 is 19.3 Å². The molecule has 5 nitrogen and oxygen atoms in total. The van der Waals surface area contributed by atoms with Crippen LogP contribution >= 0.6 is 12.2 Å². The summed E-state index contributed by atoms with van der Waals surface area (Å²) in [5.41, 5.74) is 4.64. The number of para-hydroxylation sites is 1. The summed E-state index contributed by atoms with van der Waals surface area (Å²) in [6, 6.07) is 24.2. The van der Waals surface area contributed by atoms with Gasteiger partial charge in [0, 0.05) is 45.2 Å². The van der Waals surface area contributed by atoms with E-state index in [-0.39, 0.29) is 11.5 Å². The zero-order valence-electron chi connectivity index (χ0n) is 22.4. The van der Waals surface area contributed by atoms with Gasteiger partial charge in [0.1, 0.15) is 24.2 Å². The second-order valence-corrected chi connectivity index (χ2v) is 10.4. The Hall–Kier alpha value is -3.09. The van der Waals surface area contributed by atoms with E-state index < -0.39 is 0 Å². The molecule has 0 saturated heterocycles. The molecule has 0 saturated carbocycles. The summed E-state index contributed by atoms with van der Waals surface area (Å²) in [5, 5.41) is 0.366. The molecule has 0 radical (unpaired) electrons. The van der Waals surface area contributed by atoms with Crippen molar-refractivity contribution in [2.24, 2.45) is 0 Å². The van der Waals surface area contributed by atoms with Crippen LogP contribution in [0.3, 0.4) is 0 Å². The monoisotopic (exact) mass is 506 g/mol. The maximum atomic E-state index is 6.10. The molecule has 3 aromatic carbocycles. The van der Waals surface area contributed by atoms with Crippen LogP contribution in [-0.4, -0.2) is 45.6 Å². The molecular formula is C30H38N2O3S. The van der Waals surface area contributed by atoms with Gasteiger partial charge in [-0.25, -0.2) is 0 Å². The Balaban J connectivity index is 1.58. The summed E-state index contributed by atoms with van der Waals surface area (Å²) in [6.07, 6.45) is -0.0866. The molecule has 0 amide bonds. The van der Waals surface area contributed by atoms with Crippen molar-refractivity contribution in [1.82, 2.24) is 0 Å². The predicted octanol–water partition coefficient (Wildman–Crippen LogP) is 6.62. The van der Waals surface area contributed by atoms with Gasteiger partial charge in [-0.3, -0.25) is 0 Å². The van der Waals surface area contributed by atoms with E-state index in [1.54, 1.807) is 7.11 Å². The van der Waals surface area contributed by atoms with Gasteiger partial charge in [-0.15, -0.1) is 0 Å². The van der Waals surface area contributed by atoms with Crippen molar-refractivity contribution in [1.29, 1.82) is 0 Å². The number of rotatable bonds is 9. The van der Waals surface area contributed by atoms with Gasteiger partial charge in [0.15, 0.2) is 0 Å². The third kappa shape index (κ3) is 7.45. The molecule has 0 aromatic heterocycles. The number of anilines is 2. The van der Waals surface area contributed by atoms with E-state index in [9.17, 15) is 0 Å². The van der Waals surface area contributed by atoms with Crippen molar-refractivity contribution in [3.8, 4) is 11.5 Å². The fraction of sp³-hybridized carbons (Fsp3) is 0.367. The second-order valence-electron chi connectivity index (χ2n) is 10.0. The molecule has 0 aliphatic carbocycles. The highest BCUT2D eigenvalue weighted by Crippen LogP contribution is 2.26. The van der Waals surface area contributed by atoms with E-state index in [0.29, 0.717) is 24.1 Å². The highest BCUT2D eigenvalue weighted by Gasteiger charge is 2.16. The molecule has 0 heterocycles. The molecule has 3 rings (SSSR count). The molecule has 0 spiro atoms. The average Bonchev–Trinajstić information content (AvgIpc) is 2.86. The quantitative estimate of drug-likeness (QED) is 0.303. The molecule has 0 fully saturated rings.